The predicted octanol–water partition coefficient (Wildman–Crippen LogP) is 1.46. The molecule has 0 aliphatic heterocycles. The first kappa shape index (κ1) is 13.4. The largest absolute Gasteiger partial charge is 0.395 e. The number of rotatable bonds is 6. The van der Waals surface area contributed by atoms with Crippen molar-refractivity contribution in [2.24, 2.45) is 7.05 Å². The maximum atomic E-state index is 8.89. The van der Waals surface area contributed by atoms with E-state index in [2.05, 4.69) is 22.6 Å². The number of aryl methyl sites for hydroxylation is 1. The average molecular weight is 260 g/mol. The lowest BCUT2D eigenvalue weighted by Gasteiger charge is -2.17. The fourth-order valence-corrected chi connectivity index (χ4v) is 1.85. The van der Waals surface area contributed by atoms with Crippen LogP contribution >= 0.6 is 0 Å². The highest BCUT2D eigenvalue weighted by Gasteiger charge is 2.01. The molecule has 0 atom stereocenters. The van der Waals surface area contributed by atoms with E-state index in [4.69, 9.17) is 5.11 Å². The minimum Gasteiger partial charge on any atom is -0.395 e. The van der Waals surface area contributed by atoms with Gasteiger partial charge in [0.15, 0.2) is 0 Å². The molecule has 5 nitrogen and oxygen atoms in total. The van der Waals surface area contributed by atoms with Gasteiger partial charge >= 0.3 is 0 Å². The summed E-state index contributed by atoms with van der Waals surface area (Å²) in [5, 5.41) is 12.2. The highest BCUT2D eigenvalue weighted by Crippen LogP contribution is 2.14. The first-order chi connectivity index (χ1) is 9.19. The molecule has 2 aromatic heterocycles. The van der Waals surface area contributed by atoms with Gasteiger partial charge in [-0.2, -0.15) is 0 Å². The number of anilines is 2. The number of nitrogens with one attached hydrogen (secondary N) is 1. The lowest BCUT2D eigenvalue weighted by Crippen LogP contribution is -2.21. The van der Waals surface area contributed by atoms with Crippen LogP contribution in [0.25, 0.3) is 0 Å². The number of hydrogen-bond acceptors (Lipinski definition) is 4. The molecule has 0 aliphatic rings. The van der Waals surface area contributed by atoms with Gasteiger partial charge in [-0.05, 0) is 23.8 Å². The van der Waals surface area contributed by atoms with Gasteiger partial charge in [-0.3, -0.25) is 0 Å². The normalized spacial score (nSPS) is 10.5. The van der Waals surface area contributed by atoms with Crippen LogP contribution in [0.3, 0.4) is 0 Å². The van der Waals surface area contributed by atoms with E-state index in [1.807, 2.05) is 48.1 Å². The van der Waals surface area contributed by atoms with Gasteiger partial charge in [0.2, 0.25) is 0 Å². The van der Waals surface area contributed by atoms with Crippen LogP contribution < -0.4 is 10.2 Å². The van der Waals surface area contributed by atoms with Crippen LogP contribution in [0.1, 0.15) is 5.56 Å². The second-order valence-corrected chi connectivity index (χ2v) is 4.59. The molecule has 5 heteroatoms. The number of nitrogens with zero attached hydrogens (tertiary/aromatic N) is 3. The minimum atomic E-state index is 0.143. The van der Waals surface area contributed by atoms with E-state index < -0.39 is 0 Å². The van der Waals surface area contributed by atoms with Crippen molar-refractivity contribution in [1.29, 1.82) is 0 Å². The zero-order valence-corrected chi connectivity index (χ0v) is 11.4. The first-order valence-corrected chi connectivity index (χ1v) is 6.32. The summed E-state index contributed by atoms with van der Waals surface area (Å²) in [4.78, 5) is 6.33. The number of hydrogen-bond donors (Lipinski definition) is 2. The van der Waals surface area contributed by atoms with Crippen molar-refractivity contribution in [2.45, 2.75) is 6.54 Å². The Hall–Kier alpha value is -2.01. The SMILES string of the molecule is CN(CCO)c1ccc(NCc2ccn(C)c2)nc1. The quantitative estimate of drug-likeness (QED) is 0.825. The molecule has 0 bridgehead atoms. The maximum absolute atomic E-state index is 8.89. The van der Waals surface area contributed by atoms with Crippen LogP contribution in [0, 0.1) is 0 Å². The van der Waals surface area contributed by atoms with Crippen molar-refractivity contribution in [3.8, 4) is 0 Å². The van der Waals surface area contributed by atoms with Gasteiger partial charge in [0, 0.05) is 39.6 Å². The summed E-state index contributed by atoms with van der Waals surface area (Å²) >= 11 is 0. The van der Waals surface area contributed by atoms with Gasteiger partial charge in [-0.25, -0.2) is 4.98 Å². The Morgan fingerprint density at radius 2 is 2.21 bits per heavy atom. The number of aliphatic hydroxyl groups is 1. The van der Waals surface area contributed by atoms with Crippen LogP contribution in [0.4, 0.5) is 11.5 Å². The maximum Gasteiger partial charge on any atom is 0.126 e. The molecule has 0 fully saturated rings. The van der Waals surface area contributed by atoms with Gasteiger partial charge in [-0.15, -0.1) is 0 Å². The molecule has 2 rings (SSSR count). The molecule has 0 saturated heterocycles. The molecule has 0 unspecified atom stereocenters. The molecule has 0 spiro atoms. The third-order valence-corrected chi connectivity index (χ3v) is 2.99. The van der Waals surface area contributed by atoms with Crippen molar-refractivity contribution in [3.05, 3.63) is 42.4 Å². The van der Waals surface area contributed by atoms with E-state index in [1.54, 1.807) is 0 Å². The minimum absolute atomic E-state index is 0.143. The number of likely N-dealkylation sites (N-methyl/N-ethyl adjacent to an activating group) is 1. The summed E-state index contributed by atoms with van der Waals surface area (Å²) in [6.45, 7) is 1.52. The second kappa shape index (κ2) is 6.24. The van der Waals surface area contributed by atoms with Gasteiger partial charge in [-0.1, -0.05) is 0 Å². The van der Waals surface area contributed by atoms with Crippen LogP contribution in [0.15, 0.2) is 36.8 Å². The average Bonchev–Trinajstić information content (AvgIpc) is 2.83. The van der Waals surface area contributed by atoms with Gasteiger partial charge in [0.1, 0.15) is 5.82 Å². The first-order valence-electron chi connectivity index (χ1n) is 6.32. The highest BCUT2D eigenvalue weighted by molar-refractivity contribution is 5.49. The predicted molar refractivity (Wildman–Crippen MR) is 77.3 cm³/mol. The summed E-state index contributed by atoms with van der Waals surface area (Å²) in [7, 11) is 3.94. The van der Waals surface area contributed by atoms with E-state index in [9.17, 15) is 0 Å². The topological polar surface area (TPSA) is 53.3 Å². The van der Waals surface area contributed by atoms with Crippen molar-refractivity contribution < 1.29 is 5.11 Å². The van der Waals surface area contributed by atoms with E-state index in [-0.39, 0.29) is 6.61 Å². The van der Waals surface area contributed by atoms with Crippen LogP contribution in [-0.4, -0.2) is 34.9 Å². The fraction of sp³-hybridized carbons (Fsp3) is 0.357. The standard InChI is InChI=1S/C14H20N4O/c1-17-6-5-12(11-17)9-15-14-4-3-13(10-16-14)18(2)7-8-19/h3-6,10-11,19H,7-9H2,1-2H3,(H,15,16). The fourth-order valence-electron chi connectivity index (χ4n) is 1.85. The zero-order valence-electron chi connectivity index (χ0n) is 11.4. The Kier molecular flexibility index (Phi) is 4.41. The Morgan fingerprint density at radius 3 is 2.79 bits per heavy atom. The molecule has 0 amide bonds. The van der Waals surface area contributed by atoms with Gasteiger partial charge < -0.3 is 19.9 Å². The van der Waals surface area contributed by atoms with Gasteiger partial charge in [0.25, 0.3) is 0 Å². The Labute approximate surface area is 113 Å². The van der Waals surface area contributed by atoms with Crippen LogP contribution in [-0.2, 0) is 13.6 Å². The molecule has 2 N–H and O–H groups in total. The molecule has 0 aliphatic carbocycles. The molecule has 0 aromatic carbocycles. The molecular formula is C14H20N4O. The number of aromatic nitrogens is 2. The zero-order chi connectivity index (χ0) is 13.7. The lowest BCUT2D eigenvalue weighted by molar-refractivity contribution is 0.304. The lowest BCUT2D eigenvalue weighted by atomic mass is 10.3. The third kappa shape index (κ3) is 3.72. The third-order valence-electron chi connectivity index (χ3n) is 2.99. The smallest absolute Gasteiger partial charge is 0.126 e. The summed E-state index contributed by atoms with van der Waals surface area (Å²) < 4.78 is 2.03. The van der Waals surface area contributed by atoms with E-state index in [0.717, 1.165) is 18.1 Å². The van der Waals surface area contributed by atoms with Crippen LogP contribution in [0.2, 0.25) is 0 Å². The van der Waals surface area contributed by atoms with Crippen molar-refractivity contribution in [1.82, 2.24) is 9.55 Å². The summed E-state index contributed by atoms with van der Waals surface area (Å²) in [5.74, 6) is 0.852. The van der Waals surface area contributed by atoms with E-state index in [0.29, 0.717) is 6.54 Å². The molecule has 0 saturated carbocycles. The number of pyridine rings is 1. The summed E-state index contributed by atoms with van der Waals surface area (Å²) in [6, 6.07) is 6.03. The Morgan fingerprint density at radius 1 is 1.37 bits per heavy atom. The molecule has 2 heterocycles. The highest BCUT2D eigenvalue weighted by atomic mass is 16.3. The summed E-state index contributed by atoms with van der Waals surface area (Å²) in [5.41, 5.74) is 2.23. The van der Waals surface area contributed by atoms with E-state index in [1.165, 1.54) is 5.56 Å². The number of aliphatic hydroxyl groups excluding tert-OH is 1. The second-order valence-electron chi connectivity index (χ2n) is 4.59. The van der Waals surface area contributed by atoms with Crippen molar-refractivity contribution >= 4 is 11.5 Å². The van der Waals surface area contributed by atoms with Gasteiger partial charge in [0.05, 0.1) is 18.5 Å². The molecule has 2 aromatic rings. The molecule has 19 heavy (non-hydrogen) atoms. The monoisotopic (exact) mass is 260 g/mol. The molecule has 0 radical (unpaired) electrons. The van der Waals surface area contributed by atoms with Crippen molar-refractivity contribution in [3.63, 3.8) is 0 Å². The Balaban J connectivity index is 1.91. The summed E-state index contributed by atoms with van der Waals surface area (Å²) in [6.07, 6.45) is 5.91. The molecule has 102 valence electrons. The Bertz CT molecular complexity index is 506. The molecular weight excluding hydrogens is 240 g/mol. The van der Waals surface area contributed by atoms with Crippen molar-refractivity contribution in [2.75, 3.05) is 30.4 Å². The van der Waals surface area contributed by atoms with E-state index >= 15 is 0 Å². The van der Waals surface area contributed by atoms with Crippen LogP contribution in [0.5, 0.6) is 0 Å².